The van der Waals surface area contributed by atoms with Crippen LogP contribution in [0.15, 0.2) is 0 Å². The van der Waals surface area contributed by atoms with Gasteiger partial charge in [-0.1, -0.05) is 6.92 Å². The summed E-state index contributed by atoms with van der Waals surface area (Å²) >= 11 is 0. The molecule has 0 aliphatic carbocycles. The van der Waals surface area contributed by atoms with Gasteiger partial charge in [0, 0.05) is 33.2 Å². The fourth-order valence-corrected chi connectivity index (χ4v) is 2.33. The molecule has 1 N–H and O–H groups in total. The molecule has 0 aromatic heterocycles. The standard InChI is InChI=1S/C9H19N3O3S/c1-3-6-11-16(13,14)12(7-4-5-10)8-9-15-2/h11H,3-4,6-9H2,1-2H3. The molecule has 0 atom stereocenters. The highest BCUT2D eigenvalue weighted by Crippen LogP contribution is 1.99. The Bertz CT molecular complexity index is 310. The predicted molar refractivity (Wildman–Crippen MR) is 60.9 cm³/mol. The zero-order chi connectivity index (χ0) is 12.4. The topological polar surface area (TPSA) is 82.4 Å². The van der Waals surface area contributed by atoms with Crippen LogP contribution < -0.4 is 4.72 Å². The van der Waals surface area contributed by atoms with Crippen molar-refractivity contribution in [3.05, 3.63) is 0 Å². The monoisotopic (exact) mass is 249 g/mol. The summed E-state index contributed by atoms with van der Waals surface area (Å²) in [5.41, 5.74) is 0. The molecule has 6 nitrogen and oxygen atoms in total. The molecule has 7 heteroatoms. The maximum atomic E-state index is 11.8. The Morgan fingerprint density at radius 2 is 2.12 bits per heavy atom. The van der Waals surface area contributed by atoms with Gasteiger partial charge in [-0.15, -0.1) is 0 Å². The first-order chi connectivity index (χ1) is 7.58. The van der Waals surface area contributed by atoms with Gasteiger partial charge in [-0.3, -0.25) is 0 Å². The molecule has 0 aliphatic heterocycles. The van der Waals surface area contributed by atoms with Crippen LogP contribution in [0.5, 0.6) is 0 Å². The van der Waals surface area contributed by atoms with Crippen molar-refractivity contribution in [2.75, 3.05) is 33.4 Å². The number of hydrogen-bond donors (Lipinski definition) is 1. The van der Waals surface area contributed by atoms with E-state index < -0.39 is 10.2 Å². The van der Waals surface area contributed by atoms with E-state index in [9.17, 15) is 8.42 Å². The van der Waals surface area contributed by atoms with Gasteiger partial charge >= 0.3 is 0 Å². The molecule has 0 saturated carbocycles. The van der Waals surface area contributed by atoms with E-state index in [1.807, 2.05) is 13.0 Å². The van der Waals surface area contributed by atoms with Crippen molar-refractivity contribution in [2.24, 2.45) is 0 Å². The van der Waals surface area contributed by atoms with Crippen LogP contribution in [-0.2, 0) is 14.9 Å². The van der Waals surface area contributed by atoms with Crippen LogP contribution >= 0.6 is 0 Å². The van der Waals surface area contributed by atoms with E-state index >= 15 is 0 Å². The molecular weight excluding hydrogens is 230 g/mol. The molecule has 0 unspecified atom stereocenters. The number of rotatable bonds is 9. The molecule has 0 radical (unpaired) electrons. The lowest BCUT2D eigenvalue weighted by Crippen LogP contribution is -2.43. The van der Waals surface area contributed by atoms with Gasteiger partial charge in [0.1, 0.15) is 0 Å². The van der Waals surface area contributed by atoms with Gasteiger partial charge < -0.3 is 4.74 Å². The Morgan fingerprint density at radius 1 is 1.44 bits per heavy atom. The van der Waals surface area contributed by atoms with Crippen molar-refractivity contribution >= 4 is 10.2 Å². The highest BCUT2D eigenvalue weighted by atomic mass is 32.2. The van der Waals surface area contributed by atoms with E-state index in [-0.39, 0.29) is 19.5 Å². The van der Waals surface area contributed by atoms with Gasteiger partial charge in [0.05, 0.1) is 12.7 Å². The molecule has 0 aliphatic rings. The second-order valence-corrected chi connectivity index (χ2v) is 4.95. The summed E-state index contributed by atoms with van der Waals surface area (Å²) in [6.45, 7) is 3.06. The molecule has 94 valence electrons. The third-order valence-electron chi connectivity index (χ3n) is 1.89. The minimum absolute atomic E-state index is 0.177. The zero-order valence-corrected chi connectivity index (χ0v) is 10.6. The molecule has 0 heterocycles. The molecule has 0 bridgehead atoms. The van der Waals surface area contributed by atoms with Gasteiger partial charge in [0.2, 0.25) is 0 Å². The zero-order valence-electron chi connectivity index (χ0n) is 9.77. The molecule has 0 saturated heterocycles. The third-order valence-corrected chi connectivity index (χ3v) is 3.51. The van der Waals surface area contributed by atoms with Crippen LogP contribution in [0.1, 0.15) is 19.8 Å². The fourth-order valence-electron chi connectivity index (χ4n) is 1.04. The van der Waals surface area contributed by atoms with Crippen LogP contribution in [0.25, 0.3) is 0 Å². The molecule has 0 fully saturated rings. The predicted octanol–water partition coefficient (Wildman–Crippen LogP) is 0.0929. The van der Waals surface area contributed by atoms with Gasteiger partial charge in [-0.2, -0.15) is 18.0 Å². The van der Waals surface area contributed by atoms with Crippen molar-refractivity contribution in [3.8, 4) is 6.07 Å². The Hall–Kier alpha value is -0.680. The van der Waals surface area contributed by atoms with Gasteiger partial charge in [0.25, 0.3) is 10.2 Å². The lowest BCUT2D eigenvalue weighted by molar-refractivity contribution is 0.179. The highest BCUT2D eigenvalue weighted by molar-refractivity contribution is 7.87. The Morgan fingerprint density at radius 3 is 2.62 bits per heavy atom. The minimum atomic E-state index is -3.48. The number of ether oxygens (including phenoxy) is 1. The average Bonchev–Trinajstić information content (AvgIpc) is 2.26. The van der Waals surface area contributed by atoms with Gasteiger partial charge in [-0.05, 0) is 6.42 Å². The summed E-state index contributed by atoms with van der Waals surface area (Å²) in [5.74, 6) is 0. The molecule has 0 rings (SSSR count). The summed E-state index contributed by atoms with van der Waals surface area (Å²) in [5, 5.41) is 8.46. The molecule has 16 heavy (non-hydrogen) atoms. The number of methoxy groups -OCH3 is 1. The second kappa shape index (κ2) is 8.47. The molecule has 0 amide bonds. The van der Waals surface area contributed by atoms with Crippen LogP contribution in [-0.4, -0.2) is 46.1 Å². The van der Waals surface area contributed by atoms with E-state index in [0.717, 1.165) is 6.42 Å². The first-order valence-corrected chi connectivity index (χ1v) is 6.63. The normalized spacial score (nSPS) is 11.6. The first kappa shape index (κ1) is 15.3. The number of hydrogen-bond acceptors (Lipinski definition) is 4. The summed E-state index contributed by atoms with van der Waals surface area (Å²) < 4.78 is 32.0. The van der Waals surface area contributed by atoms with Crippen molar-refractivity contribution in [2.45, 2.75) is 19.8 Å². The molecule has 0 spiro atoms. The number of nitrogens with zero attached hydrogens (tertiary/aromatic N) is 2. The first-order valence-electron chi connectivity index (χ1n) is 5.19. The van der Waals surface area contributed by atoms with Crippen molar-refractivity contribution < 1.29 is 13.2 Å². The Labute approximate surface area is 97.4 Å². The van der Waals surface area contributed by atoms with E-state index in [2.05, 4.69) is 4.72 Å². The maximum Gasteiger partial charge on any atom is 0.279 e. The SMILES string of the molecule is CCCNS(=O)(=O)N(CCC#N)CCOC. The quantitative estimate of drug-likeness (QED) is 0.628. The van der Waals surface area contributed by atoms with Crippen LogP contribution in [0.2, 0.25) is 0 Å². The lowest BCUT2D eigenvalue weighted by Gasteiger charge is -2.20. The van der Waals surface area contributed by atoms with E-state index in [4.69, 9.17) is 10.00 Å². The summed E-state index contributed by atoms with van der Waals surface area (Å²) in [6.07, 6.45) is 0.909. The van der Waals surface area contributed by atoms with Crippen LogP contribution in [0.4, 0.5) is 0 Å². The lowest BCUT2D eigenvalue weighted by atomic mass is 10.4. The van der Waals surface area contributed by atoms with Crippen LogP contribution in [0, 0.1) is 11.3 Å². The van der Waals surface area contributed by atoms with Crippen molar-refractivity contribution in [1.82, 2.24) is 9.03 Å². The van der Waals surface area contributed by atoms with Gasteiger partial charge in [0.15, 0.2) is 0 Å². The van der Waals surface area contributed by atoms with E-state index in [1.54, 1.807) is 0 Å². The summed E-state index contributed by atoms with van der Waals surface area (Å²) in [4.78, 5) is 0. The maximum absolute atomic E-state index is 11.8. The summed E-state index contributed by atoms with van der Waals surface area (Å²) in [6, 6.07) is 1.93. The van der Waals surface area contributed by atoms with Gasteiger partial charge in [-0.25, -0.2) is 4.72 Å². The Balaban J connectivity index is 4.40. The third kappa shape index (κ3) is 6.02. The molecule has 0 aromatic carbocycles. The minimum Gasteiger partial charge on any atom is -0.383 e. The Kier molecular flexibility index (Phi) is 8.11. The second-order valence-electron chi connectivity index (χ2n) is 3.20. The fraction of sp³-hybridized carbons (Fsp3) is 0.889. The van der Waals surface area contributed by atoms with Crippen molar-refractivity contribution in [3.63, 3.8) is 0 Å². The smallest absolute Gasteiger partial charge is 0.279 e. The largest absolute Gasteiger partial charge is 0.383 e. The number of nitriles is 1. The highest BCUT2D eigenvalue weighted by Gasteiger charge is 2.20. The van der Waals surface area contributed by atoms with E-state index in [0.29, 0.717) is 13.2 Å². The molecular formula is C9H19N3O3S. The van der Waals surface area contributed by atoms with Crippen molar-refractivity contribution in [1.29, 1.82) is 5.26 Å². The average molecular weight is 249 g/mol. The summed E-state index contributed by atoms with van der Waals surface area (Å²) in [7, 11) is -1.97. The molecule has 0 aromatic rings. The van der Waals surface area contributed by atoms with Crippen LogP contribution in [0.3, 0.4) is 0 Å². The number of nitrogens with one attached hydrogen (secondary N) is 1. The van der Waals surface area contributed by atoms with E-state index in [1.165, 1.54) is 11.4 Å².